The maximum Gasteiger partial charge on any atom is 0.460 e. The van der Waals surface area contributed by atoms with Crippen LogP contribution in [0.15, 0.2) is 45.8 Å². The molecule has 0 bridgehead atoms. The normalized spacial score (nSPS) is 22.1. The molecule has 0 N–H and O–H groups in total. The number of alkyl halides is 8. The molecule has 0 fully saturated rings. The van der Waals surface area contributed by atoms with Gasteiger partial charge in [-0.2, -0.15) is 30.7 Å². The first kappa shape index (κ1) is 22.5. The van der Waals surface area contributed by atoms with Crippen LogP contribution in [0.3, 0.4) is 0 Å². The van der Waals surface area contributed by atoms with Crippen molar-refractivity contribution in [2.24, 2.45) is 0 Å². The topological polar surface area (TPSA) is 0 Å². The highest BCUT2D eigenvalue weighted by molar-refractivity contribution is 14.1. The monoisotopic (exact) mass is 638 g/mol. The highest BCUT2D eigenvalue weighted by Crippen LogP contribution is 2.56. The maximum atomic E-state index is 13.7. The van der Waals surface area contributed by atoms with Crippen molar-refractivity contribution in [3.05, 3.63) is 54.9 Å². The smallest absolute Gasteiger partial charge is 0.188 e. The van der Waals surface area contributed by atoms with Crippen molar-refractivity contribution in [1.29, 1.82) is 0 Å². The van der Waals surface area contributed by atoms with Gasteiger partial charge in [-0.3, -0.25) is 0 Å². The lowest BCUT2D eigenvalue weighted by atomic mass is 9.92. The van der Waals surface area contributed by atoms with Crippen molar-refractivity contribution in [3.63, 3.8) is 0 Å². The van der Waals surface area contributed by atoms with E-state index in [4.69, 9.17) is 0 Å². The fourth-order valence-corrected chi connectivity index (χ4v) is 6.68. The highest BCUT2D eigenvalue weighted by Gasteiger charge is 2.73. The molecule has 0 saturated carbocycles. The van der Waals surface area contributed by atoms with Gasteiger partial charge in [-0.05, 0) is 62.6 Å². The molecule has 1 aromatic carbocycles. The van der Waals surface area contributed by atoms with Crippen LogP contribution < -0.4 is 0 Å². The van der Waals surface area contributed by atoms with Gasteiger partial charge in [0.2, 0.25) is 0 Å². The van der Waals surface area contributed by atoms with Crippen LogP contribution >= 0.6 is 66.2 Å². The summed E-state index contributed by atoms with van der Waals surface area (Å²) in [5.41, 5.74) is 0.676. The molecule has 2 rings (SSSR count). The first-order valence-electron chi connectivity index (χ1n) is 6.74. The van der Waals surface area contributed by atoms with E-state index in [1.165, 1.54) is 6.08 Å². The van der Waals surface area contributed by atoms with Crippen LogP contribution in [0.2, 0.25) is 0 Å². The summed E-state index contributed by atoms with van der Waals surface area (Å²) in [5, 5.41) is -5.37. The number of benzene rings is 1. The molecule has 0 radical (unpaired) electrons. The zero-order valence-corrected chi connectivity index (χ0v) is 18.5. The van der Waals surface area contributed by atoms with Crippen LogP contribution in [0.4, 0.5) is 30.7 Å². The Balaban J connectivity index is 2.43. The second kappa shape index (κ2) is 7.58. The Morgan fingerprint density at radius 1 is 1.04 bits per heavy atom. The van der Waals surface area contributed by atoms with Crippen LogP contribution in [0, 0.1) is 3.57 Å². The van der Waals surface area contributed by atoms with Crippen molar-refractivity contribution in [2.75, 3.05) is 0 Å². The van der Waals surface area contributed by atoms with Crippen molar-refractivity contribution in [3.8, 4) is 0 Å². The van der Waals surface area contributed by atoms with Gasteiger partial charge < -0.3 is 0 Å². The van der Waals surface area contributed by atoms with Gasteiger partial charge in [-0.15, -0.1) is 0 Å². The van der Waals surface area contributed by atoms with Crippen LogP contribution in [-0.4, -0.2) is 17.4 Å². The van der Waals surface area contributed by atoms with Gasteiger partial charge in [0.1, 0.15) is 0 Å². The number of hydrogen-bond donors (Lipinski definition) is 0. The molecule has 26 heavy (non-hydrogen) atoms. The summed E-state index contributed by atoms with van der Waals surface area (Å²) in [4.78, 5) is -0.409. The van der Waals surface area contributed by atoms with E-state index in [0.717, 1.165) is 9.65 Å². The van der Waals surface area contributed by atoms with Crippen LogP contribution in [-0.2, 0) is 4.32 Å². The first-order chi connectivity index (χ1) is 11.7. The zero-order chi connectivity index (χ0) is 20.0. The van der Waals surface area contributed by atoms with E-state index in [-0.39, 0.29) is 6.42 Å². The summed E-state index contributed by atoms with van der Waals surface area (Å²) in [5.74, 6) is -6.17. The van der Waals surface area contributed by atoms with E-state index in [1.54, 1.807) is 24.3 Å². The molecular weight excluding hydrogens is 632 g/mol. The average Bonchev–Trinajstić information content (AvgIpc) is 2.44. The Kier molecular flexibility index (Phi) is 6.57. The number of thioether (sulfide) groups is 1. The summed E-state index contributed by atoms with van der Waals surface area (Å²) in [6.45, 7) is 0. The molecule has 1 aliphatic rings. The minimum absolute atomic E-state index is 0.276. The van der Waals surface area contributed by atoms with Crippen molar-refractivity contribution < 1.29 is 30.7 Å². The quantitative estimate of drug-likeness (QED) is 0.183. The van der Waals surface area contributed by atoms with Crippen molar-refractivity contribution in [2.45, 2.75) is 28.1 Å². The van der Waals surface area contributed by atoms with Gasteiger partial charge in [-0.1, -0.05) is 50.1 Å². The molecule has 0 aromatic heterocycles. The molecule has 1 unspecified atom stereocenters. The van der Waals surface area contributed by atoms with Crippen LogP contribution in [0.1, 0.15) is 12.0 Å². The van der Waals surface area contributed by atoms with Crippen LogP contribution in [0.5, 0.6) is 0 Å². The molecule has 0 aliphatic heterocycles. The molecule has 1 aliphatic carbocycles. The Morgan fingerprint density at radius 2 is 1.62 bits per heavy atom. The van der Waals surface area contributed by atoms with Gasteiger partial charge in [0.15, 0.2) is 0 Å². The fourth-order valence-electron chi connectivity index (χ4n) is 2.18. The first-order valence-corrected chi connectivity index (χ1v) is 10.2. The number of halogens is 10. The van der Waals surface area contributed by atoms with Crippen molar-refractivity contribution >= 4 is 66.2 Å². The maximum absolute atomic E-state index is 13.7. The molecule has 0 spiro atoms. The molecule has 0 amide bonds. The number of rotatable bonds is 4. The van der Waals surface area contributed by atoms with Gasteiger partial charge in [0, 0.05) is 14.9 Å². The van der Waals surface area contributed by atoms with Gasteiger partial charge in [0.25, 0.3) is 0 Å². The minimum atomic E-state index is -6.36. The summed E-state index contributed by atoms with van der Waals surface area (Å²) in [6.07, 6.45) is -3.75. The third-order valence-electron chi connectivity index (χ3n) is 3.39. The average molecular weight is 640 g/mol. The molecule has 144 valence electrons. The third-order valence-corrected chi connectivity index (χ3v) is 6.76. The van der Waals surface area contributed by atoms with Crippen molar-refractivity contribution in [1.82, 2.24) is 0 Å². The predicted octanol–water partition coefficient (Wildman–Crippen LogP) is 7.97. The SMILES string of the molecule is FC(F)(F)C(F)(F)C(F)(F)SC1=CC(Br)(c2ccccc2I)CC(Br)=C1. The molecule has 1 atom stereocenters. The van der Waals surface area contributed by atoms with E-state index >= 15 is 0 Å². The number of allylic oxidation sites excluding steroid dienone is 3. The number of hydrogen-bond acceptors (Lipinski definition) is 1. The summed E-state index contributed by atoms with van der Waals surface area (Å²) < 4.78 is 90.9. The second-order valence-corrected chi connectivity index (χ2v) is 10.1. The lowest BCUT2D eigenvalue weighted by Crippen LogP contribution is -2.50. The summed E-state index contributed by atoms with van der Waals surface area (Å²) in [7, 11) is 0. The molecule has 0 saturated heterocycles. The Labute approximate surface area is 179 Å². The zero-order valence-electron chi connectivity index (χ0n) is 12.4. The van der Waals surface area contributed by atoms with E-state index in [2.05, 4.69) is 31.9 Å². The van der Waals surface area contributed by atoms with Gasteiger partial charge in [-0.25, -0.2) is 0 Å². The summed E-state index contributed by atoms with van der Waals surface area (Å²) >= 11 is 7.76. The summed E-state index contributed by atoms with van der Waals surface area (Å²) in [6, 6.07) is 6.94. The highest BCUT2D eigenvalue weighted by atomic mass is 127. The molecule has 0 nitrogen and oxygen atoms in total. The molecule has 0 heterocycles. The van der Waals surface area contributed by atoms with E-state index in [9.17, 15) is 30.7 Å². The molecule has 1 aromatic rings. The third kappa shape index (κ3) is 4.45. The Morgan fingerprint density at radius 3 is 2.15 bits per heavy atom. The van der Waals surface area contributed by atoms with E-state index in [0.29, 0.717) is 10.0 Å². The molecular formula is C15H8Br2F7IS. The second-order valence-electron chi connectivity index (χ2n) is 5.35. The Bertz CT molecular complexity index is 761. The van der Waals surface area contributed by atoms with E-state index in [1.807, 2.05) is 22.6 Å². The standard InChI is InChI=1S/C15H8Br2F7IS/c16-8-5-9(26-15(23,24)13(18,19)14(20,21)22)7-12(17,6-8)10-3-1-2-4-11(10)25/h1-5,7H,6H2. The minimum Gasteiger partial charge on any atom is -0.188 e. The Hall–Kier alpha value is 0.250. The largest absolute Gasteiger partial charge is 0.460 e. The molecule has 11 heteroatoms. The lowest BCUT2D eigenvalue weighted by molar-refractivity contribution is -0.330. The van der Waals surface area contributed by atoms with Gasteiger partial charge >= 0.3 is 17.4 Å². The fraction of sp³-hybridized carbons (Fsp3) is 0.333. The van der Waals surface area contributed by atoms with Gasteiger partial charge in [0.05, 0.1) is 4.32 Å². The predicted molar refractivity (Wildman–Crippen MR) is 103 cm³/mol. The lowest BCUT2D eigenvalue weighted by Gasteiger charge is -2.32. The van der Waals surface area contributed by atoms with E-state index < -0.39 is 38.3 Å². The van der Waals surface area contributed by atoms with Crippen LogP contribution in [0.25, 0.3) is 0 Å².